The first-order valence-corrected chi connectivity index (χ1v) is 6.47. The zero-order valence-corrected chi connectivity index (χ0v) is 11.6. The van der Waals surface area contributed by atoms with Crippen LogP contribution in [0.2, 0.25) is 0 Å². The molecule has 2 aromatic rings. The summed E-state index contributed by atoms with van der Waals surface area (Å²) in [4.78, 5) is 23.1. The fourth-order valence-corrected chi connectivity index (χ4v) is 2.39. The second-order valence-corrected chi connectivity index (χ2v) is 5.32. The van der Waals surface area contributed by atoms with E-state index in [4.69, 9.17) is 13.9 Å². The normalized spacial score (nSPS) is 24.6. The Bertz CT molecular complexity index is 773. The molecule has 2 heterocycles. The van der Waals surface area contributed by atoms with Crippen LogP contribution in [0.3, 0.4) is 0 Å². The molecule has 110 valence electrons. The molecule has 0 radical (unpaired) electrons. The van der Waals surface area contributed by atoms with E-state index < -0.39 is 17.3 Å². The molecule has 6 nitrogen and oxygen atoms in total. The van der Waals surface area contributed by atoms with Crippen molar-refractivity contribution in [1.29, 1.82) is 0 Å². The summed E-state index contributed by atoms with van der Waals surface area (Å²) in [6, 6.07) is 6.23. The van der Waals surface area contributed by atoms with Gasteiger partial charge in [-0.2, -0.15) is 0 Å². The van der Waals surface area contributed by atoms with Gasteiger partial charge in [-0.05, 0) is 32.0 Å². The first kappa shape index (κ1) is 13.6. The second kappa shape index (κ2) is 4.60. The van der Waals surface area contributed by atoms with E-state index in [0.717, 1.165) is 0 Å². The lowest BCUT2D eigenvalue weighted by Gasteiger charge is -2.27. The number of hydrogen-bond donors (Lipinski definition) is 1. The quantitative estimate of drug-likeness (QED) is 0.796. The average molecular weight is 290 g/mol. The van der Waals surface area contributed by atoms with Crippen LogP contribution in [0.15, 0.2) is 33.5 Å². The third-order valence-corrected chi connectivity index (χ3v) is 3.40. The minimum Gasteiger partial charge on any atom is -0.483 e. The minimum atomic E-state index is -1.48. The summed E-state index contributed by atoms with van der Waals surface area (Å²) in [6.45, 7) is 2.65. The Kier molecular flexibility index (Phi) is 2.98. The molecular weight excluding hydrogens is 276 g/mol. The molecule has 0 unspecified atom stereocenters. The van der Waals surface area contributed by atoms with Crippen molar-refractivity contribution in [1.82, 2.24) is 0 Å². The van der Waals surface area contributed by atoms with Gasteiger partial charge in [0.25, 0.3) is 0 Å². The number of hydrogen-bond acceptors (Lipinski definition) is 6. The van der Waals surface area contributed by atoms with Crippen LogP contribution in [0.25, 0.3) is 11.0 Å². The van der Waals surface area contributed by atoms with Crippen molar-refractivity contribution >= 4 is 16.8 Å². The number of ketones is 1. The van der Waals surface area contributed by atoms with Gasteiger partial charge in [-0.3, -0.25) is 4.79 Å². The molecule has 1 aromatic heterocycles. The van der Waals surface area contributed by atoms with E-state index >= 15 is 0 Å². The summed E-state index contributed by atoms with van der Waals surface area (Å²) in [5.41, 5.74) is -1.76. The lowest BCUT2D eigenvalue weighted by Crippen LogP contribution is -2.50. The van der Waals surface area contributed by atoms with Crippen LogP contribution in [0.4, 0.5) is 0 Å². The Morgan fingerprint density at radius 3 is 2.76 bits per heavy atom. The zero-order chi connectivity index (χ0) is 15.2. The van der Waals surface area contributed by atoms with E-state index in [2.05, 4.69) is 0 Å². The number of fused-ring (bicyclic) bond motifs is 3. The number of rotatable bonds is 1. The zero-order valence-electron chi connectivity index (χ0n) is 11.6. The fraction of sp³-hybridized carbons (Fsp3) is 0.333. The van der Waals surface area contributed by atoms with Gasteiger partial charge in [0.1, 0.15) is 12.2 Å². The van der Waals surface area contributed by atoms with E-state index in [-0.39, 0.29) is 29.5 Å². The van der Waals surface area contributed by atoms with Crippen molar-refractivity contribution in [3.8, 4) is 11.5 Å². The first-order chi connectivity index (χ1) is 9.88. The highest BCUT2D eigenvalue weighted by Crippen LogP contribution is 2.39. The predicted molar refractivity (Wildman–Crippen MR) is 73.7 cm³/mol. The van der Waals surface area contributed by atoms with Gasteiger partial charge in [0.05, 0.1) is 0 Å². The van der Waals surface area contributed by atoms with Gasteiger partial charge >= 0.3 is 5.63 Å². The third-order valence-electron chi connectivity index (χ3n) is 3.40. The topological polar surface area (TPSA) is 86.0 Å². The molecule has 1 aromatic carbocycles. The van der Waals surface area contributed by atoms with E-state index in [9.17, 15) is 14.7 Å². The van der Waals surface area contributed by atoms with Gasteiger partial charge in [0.2, 0.25) is 5.75 Å². The molecule has 0 aliphatic carbocycles. The smallest absolute Gasteiger partial charge is 0.336 e. The third kappa shape index (κ3) is 2.27. The molecule has 1 aliphatic heterocycles. The molecule has 6 heteroatoms. The van der Waals surface area contributed by atoms with Crippen LogP contribution in [-0.4, -0.2) is 29.2 Å². The Morgan fingerprint density at radius 1 is 1.33 bits per heavy atom. The molecule has 1 N–H and O–H groups in total. The van der Waals surface area contributed by atoms with E-state index in [1.807, 2.05) is 0 Å². The number of ether oxygens (including phenoxy) is 2. The van der Waals surface area contributed by atoms with Crippen molar-refractivity contribution in [2.45, 2.75) is 25.6 Å². The molecule has 21 heavy (non-hydrogen) atoms. The number of carbonyl (C=O) groups excluding carboxylic acids is 1. The number of benzene rings is 1. The second-order valence-electron chi connectivity index (χ2n) is 5.32. The summed E-state index contributed by atoms with van der Waals surface area (Å²) in [7, 11) is 0. The van der Waals surface area contributed by atoms with Gasteiger partial charge in [-0.1, -0.05) is 0 Å². The first-order valence-electron chi connectivity index (χ1n) is 6.47. The van der Waals surface area contributed by atoms with Crippen LogP contribution in [0, 0.1) is 0 Å². The number of carbonyl (C=O) groups is 1. The van der Waals surface area contributed by atoms with Gasteiger partial charge in [-0.25, -0.2) is 4.79 Å². The Hall–Kier alpha value is -2.34. The van der Waals surface area contributed by atoms with Crippen LogP contribution >= 0.6 is 0 Å². The van der Waals surface area contributed by atoms with Crippen molar-refractivity contribution in [2.24, 2.45) is 0 Å². The van der Waals surface area contributed by atoms with Crippen molar-refractivity contribution in [3.05, 3.63) is 34.7 Å². The molecular formula is C15H14O6. The number of Topliss-reactive ketones (excluding diaryl/α,β-unsaturated/α-hetero) is 1. The standard InChI is InChI=1S/C15H14O6/c1-8(16)14-15(2,18)7-19-13-10(20-14)5-3-9-4-6-11(17)21-12(9)13/h3-6,14,18H,7H2,1-2H3/t14-,15+/m1/s1. The van der Waals surface area contributed by atoms with E-state index in [1.54, 1.807) is 18.2 Å². The lowest BCUT2D eigenvalue weighted by atomic mass is 9.97. The molecule has 3 rings (SSSR count). The molecule has 0 fully saturated rings. The van der Waals surface area contributed by atoms with Gasteiger partial charge < -0.3 is 19.0 Å². The Balaban J connectivity index is 2.19. The van der Waals surface area contributed by atoms with Crippen LogP contribution < -0.4 is 15.1 Å². The summed E-state index contributed by atoms with van der Waals surface area (Å²) in [6.07, 6.45) is -1.05. The van der Waals surface area contributed by atoms with Crippen LogP contribution in [0.1, 0.15) is 13.8 Å². The molecule has 0 bridgehead atoms. The monoisotopic (exact) mass is 290 g/mol. The van der Waals surface area contributed by atoms with Crippen molar-refractivity contribution in [3.63, 3.8) is 0 Å². The molecule has 0 spiro atoms. The van der Waals surface area contributed by atoms with Gasteiger partial charge in [0, 0.05) is 11.5 Å². The summed E-state index contributed by atoms with van der Waals surface area (Å²) >= 11 is 0. The maximum atomic E-state index is 11.7. The summed E-state index contributed by atoms with van der Waals surface area (Å²) < 4.78 is 16.3. The Labute approximate surface area is 119 Å². The SMILES string of the molecule is CC(=O)[C@H]1Oc2ccc3ccc(=O)oc3c2OC[C@]1(C)O. The summed E-state index contributed by atoms with van der Waals surface area (Å²) in [5.74, 6) is 0.162. The highest BCUT2D eigenvalue weighted by Gasteiger charge is 2.41. The van der Waals surface area contributed by atoms with E-state index in [1.165, 1.54) is 19.9 Å². The fourth-order valence-electron chi connectivity index (χ4n) is 2.39. The lowest BCUT2D eigenvalue weighted by molar-refractivity contribution is -0.137. The maximum Gasteiger partial charge on any atom is 0.336 e. The van der Waals surface area contributed by atoms with Crippen molar-refractivity contribution < 1.29 is 23.8 Å². The minimum absolute atomic E-state index is 0.151. The molecule has 1 aliphatic rings. The van der Waals surface area contributed by atoms with Crippen LogP contribution in [-0.2, 0) is 4.79 Å². The average Bonchev–Trinajstić information content (AvgIpc) is 2.55. The van der Waals surface area contributed by atoms with Crippen LogP contribution in [0.5, 0.6) is 11.5 Å². The van der Waals surface area contributed by atoms with E-state index in [0.29, 0.717) is 5.39 Å². The van der Waals surface area contributed by atoms with Crippen molar-refractivity contribution in [2.75, 3.05) is 6.61 Å². The number of aliphatic hydroxyl groups is 1. The predicted octanol–water partition coefficient (Wildman–Crippen LogP) is 1.27. The highest BCUT2D eigenvalue weighted by molar-refractivity contribution is 5.86. The Morgan fingerprint density at radius 2 is 2.05 bits per heavy atom. The summed E-state index contributed by atoms with van der Waals surface area (Å²) in [5, 5.41) is 11.0. The highest BCUT2D eigenvalue weighted by atomic mass is 16.6. The molecule has 0 saturated carbocycles. The van der Waals surface area contributed by atoms with Gasteiger partial charge in [-0.15, -0.1) is 0 Å². The molecule has 0 saturated heterocycles. The van der Waals surface area contributed by atoms with Gasteiger partial charge in [0.15, 0.2) is 23.2 Å². The molecule has 0 amide bonds. The maximum absolute atomic E-state index is 11.7. The molecule has 2 atom stereocenters. The largest absolute Gasteiger partial charge is 0.483 e.